The van der Waals surface area contributed by atoms with Gasteiger partial charge in [-0.1, -0.05) is 19.8 Å². The number of amides is 1. The average Bonchev–Trinajstić information content (AvgIpc) is 3.28. The molecule has 7 heteroatoms. The first-order chi connectivity index (χ1) is 15.7. The van der Waals surface area contributed by atoms with Crippen LogP contribution in [0, 0.1) is 5.92 Å². The van der Waals surface area contributed by atoms with Gasteiger partial charge in [-0.25, -0.2) is 9.97 Å². The summed E-state index contributed by atoms with van der Waals surface area (Å²) in [6.45, 7) is 6.36. The van der Waals surface area contributed by atoms with Crippen molar-refractivity contribution in [2.24, 2.45) is 5.92 Å². The van der Waals surface area contributed by atoms with E-state index in [-0.39, 0.29) is 5.91 Å². The van der Waals surface area contributed by atoms with Gasteiger partial charge >= 0.3 is 0 Å². The molecule has 3 aliphatic rings. The number of hydrogen-bond acceptors (Lipinski definition) is 6. The number of carbonyl (C=O) groups is 1. The van der Waals surface area contributed by atoms with Gasteiger partial charge in [0.25, 0.3) is 0 Å². The van der Waals surface area contributed by atoms with Crippen molar-refractivity contribution in [1.82, 2.24) is 25.2 Å². The minimum absolute atomic E-state index is 0.181. The molecule has 170 valence electrons. The molecule has 0 spiro atoms. The number of aromatic nitrogens is 3. The van der Waals surface area contributed by atoms with Gasteiger partial charge in [0, 0.05) is 61.4 Å². The zero-order chi connectivity index (χ0) is 21.9. The molecule has 0 bridgehead atoms. The topological polar surface area (TPSA) is 74.2 Å². The van der Waals surface area contributed by atoms with E-state index >= 15 is 0 Å². The van der Waals surface area contributed by atoms with Crippen LogP contribution in [0.1, 0.15) is 50.3 Å². The predicted molar refractivity (Wildman–Crippen MR) is 126 cm³/mol. The monoisotopic (exact) mass is 434 g/mol. The third-order valence-electron chi connectivity index (χ3n) is 7.19. The number of fused-ring (bicyclic) bond motifs is 1. The van der Waals surface area contributed by atoms with Crippen molar-refractivity contribution in [3.63, 3.8) is 0 Å². The smallest absolute Gasteiger partial charge is 0.234 e. The first-order valence-electron chi connectivity index (χ1n) is 12.2. The second kappa shape index (κ2) is 9.53. The van der Waals surface area contributed by atoms with Crippen molar-refractivity contribution in [2.45, 2.75) is 57.9 Å². The van der Waals surface area contributed by atoms with E-state index in [1.54, 1.807) is 12.4 Å². The molecule has 0 aromatic carbocycles. The zero-order valence-corrected chi connectivity index (χ0v) is 19.1. The first-order valence-corrected chi connectivity index (χ1v) is 12.2. The minimum atomic E-state index is 0.181. The Morgan fingerprint density at radius 2 is 1.88 bits per heavy atom. The van der Waals surface area contributed by atoms with Crippen LogP contribution in [0.4, 0.5) is 5.82 Å². The second-order valence-electron chi connectivity index (χ2n) is 9.68. The van der Waals surface area contributed by atoms with E-state index in [4.69, 9.17) is 9.97 Å². The molecule has 2 unspecified atom stereocenters. The third-order valence-corrected chi connectivity index (χ3v) is 7.19. The highest BCUT2D eigenvalue weighted by Crippen LogP contribution is 2.32. The number of rotatable bonds is 5. The lowest BCUT2D eigenvalue weighted by molar-refractivity contribution is -0.123. The van der Waals surface area contributed by atoms with Gasteiger partial charge in [-0.15, -0.1) is 0 Å². The van der Waals surface area contributed by atoms with Gasteiger partial charge in [0.1, 0.15) is 5.82 Å². The maximum Gasteiger partial charge on any atom is 0.234 e. The van der Waals surface area contributed by atoms with E-state index in [1.165, 1.54) is 24.1 Å². The number of pyridine rings is 1. The molecular weight excluding hydrogens is 400 g/mol. The zero-order valence-electron chi connectivity index (χ0n) is 19.1. The van der Waals surface area contributed by atoms with Crippen LogP contribution in [0.25, 0.3) is 11.4 Å². The number of aryl methyl sites for hydroxylation is 1. The molecule has 5 rings (SSSR count). The second-order valence-corrected chi connectivity index (χ2v) is 9.68. The number of nitrogens with zero attached hydrogens (tertiary/aromatic N) is 5. The average molecular weight is 435 g/mol. The molecule has 1 saturated heterocycles. The van der Waals surface area contributed by atoms with Crippen LogP contribution in [0.2, 0.25) is 0 Å². The summed E-state index contributed by atoms with van der Waals surface area (Å²) in [5, 5.41) is 3.28. The van der Waals surface area contributed by atoms with Gasteiger partial charge in [-0.3, -0.25) is 14.7 Å². The van der Waals surface area contributed by atoms with Crippen molar-refractivity contribution >= 4 is 11.7 Å². The van der Waals surface area contributed by atoms with E-state index in [1.807, 2.05) is 12.1 Å². The van der Waals surface area contributed by atoms with E-state index in [2.05, 4.69) is 27.0 Å². The maximum absolute atomic E-state index is 12.6. The van der Waals surface area contributed by atoms with E-state index in [9.17, 15) is 4.79 Å². The lowest BCUT2D eigenvalue weighted by atomic mass is 9.87. The van der Waals surface area contributed by atoms with Gasteiger partial charge in [0.2, 0.25) is 5.91 Å². The lowest BCUT2D eigenvalue weighted by Crippen LogP contribution is -2.51. The fraction of sp³-hybridized carbons (Fsp3) is 0.600. The van der Waals surface area contributed by atoms with Crippen molar-refractivity contribution in [3.8, 4) is 11.4 Å². The predicted octanol–water partition coefficient (Wildman–Crippen LogP) is 2.84. The van der Waals surface area contributed by atoms with Crippen LogP contribution >= 0.6 is 0 Å². The summed E-state index contributed by atoms with van der Waals surface area (Å²) in [6, 6.07) is 4.32. The minimum Gasteiger partial charge on any atom is -0.354 e. The Hall–Kier alpha value is -2.54. The summed E-state index contributed by atoms with van der Waals surface area (Å²) in [7, 11) is 0. The van der Waals surface area contributed by atoms with Crippen molar-refractivity contribution in [2.75, 3.05) is 37.6 Å². The molecule has 2 aromatic rings. The molecule has 1 saturated carbocycles. The molecule has 3 heterocycles. The number of hydrogen-bond donors (Lipinski definition) is 1. The molecule has 2 atom stereocenters. The summed E-state index contributed by atoms with van der Waals surface area (Å²) in [4.78, 5) is 31.3. The molecule has 2 fully saturated rings. The summed E-state index contributed by atoms with van der Waals surface area (Å²) < 4.78 is 0. The SMILES string of the molecule is CC1CCCC(NC(=O)CN2CCN(c3nc(-c4ccncc4)nc4c3CCC4)CC2)C1. The van der Waals surface area contributed by atoms with Crippen molar-refractivity contribution < 1.29 is 4.79 Å². The fourth-order valence-electron chi connectivity index (χ4n) is 5.46. The van der Waals surface area contributed by atoms with E-state index < -0.39 is 0 Å². The van der Waals surface area contributed by atoms with Crippen LogP contribution in [0.15, 0.2) is 24.5 Å². The molecule has 1 N–H and O–H groups in total. The Kier molecular flexibility index (Phi) is 6.35. The van der Waals surface area contributed by atoms with Crippen LogP contribution in [-0.2, 0) is 17.6 Å². The highest BCUT2D eigenvalue weighted by Gasteiger charge is 2.27. The normalized spacial score (nSPS) is 23.7. The maximum atomic E-state index is 12.6. The highest BCUT2D eigenvalue weighted by molar-refractivity contribution is 5.78. The van der Waals surface area contributed by atoms with Crippen LogP contribution in [0.5, 0.6) is 0 Å². The molecule has 1 aliphatic heterocycles. The van der Waals surface area contributed by atoms with Gasteiger partial charge in [0.15, 0.2) is 5.82 Å². The van der Waals surface area contributed by atoms with Gasteiger partial charge in [-0.05, 0) is 50.2 Å². The first kappa shape index (κ1) is 21.3. The van der Waals surface area contributed by atoms with Crippen molar-refractivity contribution in [3.05, 3.63) is 35.8 Å². The Morgan fingerprint density at radius 1 is 1.06 bits per heavy atom. The molecule has 7 nitrogen and oxygen atoms in total. The third kappa shape index (κ3) is 4.77. The molecule has 0 radical (unpaired) electrons. The quantitative estimate of drug-likeness (QED) is 0.780. The molecule has 2 aromatic heterocycles. The van der Waals surface area contributed by atoms with Crippen molar-refractivity contribution in [1.29, 1.82) is 0 Å². The summed E-state index contributed by atoms with van der Waals surface area (Å²) in [5.74, 6) is 2.80. The molecule has 2 aliphatic carbocycles. The van der Waals surface area contributed by atoms with Gasteiger partial charge in [0.05, 0.1) is 6.54 Å². The number of nitrogens with one attached hydrogen (secondary N) is 1. The highest BCUT2D eigenvalue weighted by atomic mass is 16.2. The van der Waals surface area contributed by atoms with Crippen LogP contribution in [0.3, 0.4) is 0 Å². The van der Waals surface area contributed by atoms with E-state index in [0.717, 1.165) is 81.4 Å². The summed E-state index contributed by atoms with van der Waals surface area (Å²) in [5.41, 5.74) is 3.54. The number of piperazine rings is 1. The standard InChI is InChI=1S/C25H34N6O/c1-18-4-2-5-20(16-18)27-23(32)17-30-12-14-31(15-13-30)25-21-6-3-7-22(21)28-24(29-25)19-8-10-26-11-9-19/h8-11,18,20H,2-7,12-17H2,1H3,(H,27,32). The Labute approximate surface area is 190 Å². The molecule has 32 heavy (non-hydrogen) atoms. The van der Waals surface area contributed by atoms with Crippen LogP contribution < -0.4 is 10.2 Å². The van der Waals surface area contributed by atoms with Crippen LogP contribution in [-0.4, -0.2) is 64.5 Å². The number of anilines is 1. The summed E-state index contributed by atoms with van der Waals surface area (Å²) in [6.07, 6.45) is 11.6. The molecule has 1 amide bonds. The Balaban J connectivity index is 1.22. The van der Waals surface area contributed by atoms with Gasteiger partial charge < -0.3 is 10.2 Å². The fourth-order valence-corrected chi connectivity index (χ4v) is 5.46. The van der Waals surface area contributed by atoms with Gasteiger partial charge in [-0.2, -0.15) is 0 Å². The Morgan fingerprint density at radius 3 is 2.66 bits per heavy atom. The Bertz CT molecular complexity index is 941. The molecular formula is C25H34N6O. The van der Waals surface area contributed by atoms with E-state index in [0.29, 0.717) is 12.6 Å². The summed E-state index contributed by atoms with van der Waals surface area (Å²) >= 11 is 0. The largest absolute Gasteiger partial charge is 0.354 e. The lowest BCUT2D eigenvalue weighted by Gasteiger charge is -2.36. The number of carbonyl (C=O) groups excluding carboxylic acids is 1.